The van der Waals surface area contributed by atoms with Crippen LogP contribution in [0.2, 0.25) is 0 Å². The summed E-state index contributed by atoms with van der Waals surface area (Å²) in [7, 11) is 0. The van der Waals surface area contributed by atoms with Crippen molar-refractivity contribution in [1.82, 2.24) is 0 Å². The molecule has 3 heteroatoms. The van der Waals surface area contributed by atoms with Gasteiger partial charge in [-0.25, -0.2) is 0 Å². The summed E-state index contributed by atoms with van der Waals surface area (Å²) in [5, 5.41) is 9.14. The first-order valence-corrected chi connectivity index (χ1v) is 6.52. The average Bonchev–Trinajstić information content (AvgIpc) is 3.10. The van der Waals surface area contributed by atoms with Crippen molar-refractivity contribution >= 4 is 21.6 Å². The van der Waals surface area contributed by atoms with E-state index in [1.807, 2.05) is 12.1 Å². The molecule has 0 N–H and O–H groups in total. The Hall–Kier alpha value is -1.01. The van der Waals surface area contributed by atoms with E-state index < -0.39 is 0 Å². The van der Waals surface area contributed by atoms with Crippen molar-refractivity contribution in [3.8, 4) is 6.07 Å². The number of nitriles is 1. The molecule has 1 aromatic carbocycles. The molecule has 16 heavy (non-hydrogen) atoms. The van der Waals surface area contributed by atoms with Crippen LogP contribution in [-0.2, 0) is 0 Å². The lowest BCUT2D eigenvalue weighted by atomic mass is 10.1. The normalized spacial score (nSPS) is 14.6. The monoisotopic (exact) mass is 278 g/mol. The number of hydrogen-bond donors (Lipinski definition) is 0. The van der Waals surface area contributed by atoms with Crippen LogP contribution in [0.15, 0.2) is 22.7 Å². The van der Waals surface area contributed by atoms with Crippen molar-refractivity contribution in [2.75, 3.05) is 11.4 Å². The van der Waals surface area contributed by atoms with Crippen LogP contribution < -0.4 is 4.90 Å². The minimum atomic E-state index is 0.654. The van der Waals surface area contributed by atoms with Gasteiger partial charge in [-0.2, -0.15) is 5.26 Å². The zero-order valence-corrected chi connectivity index (χ0v) is 11.0. The van der Waals surface area contributed by atoms with Gasteiger partial charge in [-0.1, -0.05) is 22.9 Å². The topological polar surface area (TPSA) is 27.0 Å². The molecule has 0 spiro atoms. The first kappa shape index (κ1) is 11.5. The van der Waals surface area contributed by atoms with Crippen molar-refractivity contribution in [1.29, 1.82) is 5.26 Å². The van der Waals surface area contributed by atoms with E-state index in [1.54, 1.807) is 0 Å². The van der Waals surface area contributed by atoms with Crippen molar-refractivity contribution in [3.63, 3.8) is 0 Å². The largest absolute Gasteiger partial charge is 0.367 e. The number of hydrogen-bond acceptors (Lipinski definition) is 2. The highest BCUT2D eigenvalue weighted by atomic mass is 79.9. The van der Waals surface area contributed by atoms with Crippen LogP contribution >= 0.6 is 15.9 Å². The first-order valence-electron chi connectivity index (χ1n) is 5.72. The molecule has 1 aliphatic rings. The average molecular weight is 279 g/mol. The lowest BCUT2D eigenvalue weighted by Gasteiger charge is -2.25. The standard InChI is InChI=1S/C13H15BrN2/c1-2-7-16(12-5-6-12)13-8-11(14)4-3-10(13)9-15/h3-4,8,12H,2,5-7H2,1H3. The zero-order chi connectivity index (χ0) is 11.5. The van der Waals surface area contributed by atoms with Crippen molar-refractivity contribution in [2.45, 2.75) is 32.2 Å². The Morgan fingerprint density at radius 1 is 1.50 bits per heavy atom. The van der Waals surface area contributed by atoms with Gasteiger partial charge in [-0.15, -0.1) is 0 Å². The van der Waals surface area contributed by atoms with Crippen LogP contribution in [0.3, 0.4) is 0 Å². The van der Waals surface area contributed by atoms with E-state index in [9.17, 15) is 0 Å². The number of halogens is 1. The Bertz CT molecular complexity index is 418. The molecule has 2 rings (SSSR count). The predicted octanol–water partition coefficient (Wildman–Crippen LogP) is 3.70. The van der Waals surface area contributed by atoms with Crippen molar-refractivity contribution in [3.05, 3.63) is 28.2 Å². The SMILES string of the molecule is CCCN(c1cc(Br)ccc1C#N)C1CC1. The van der Waals surface area contributed by atoms with Gasteiger partial charge in [0.2, 0.25) is 0 Å². The molecule has 2 nitrogen and oxygen atoms in total. The molecule has 0 aliphatic heterocycles. The maximum Gasteiger partial charge on any atom is 0.101 e. The summed E-state index contributed by atoms with van der Waals surface area (Å²) >= 11 is 3.48. The molecule has 84 valence electrons. The van der Waals surface area contributed by atoms with E-state index >= 15 is 0 Å². The van der Waals surface area contributed by atoms with Gasteiger partial charge in [-0.3, -0.25) is 0 Å². The second-order valence-corrected chi connectivity index (χ2v) is 5.11. The van der Waals surface area contributed by atoms with Gasteiger partial charge < -0.3 is 4.90 Å². The Morgan fingerprint density at radius 3 is 2.81 bits per heavy atom. The molecular weight excluding hydrogens is 264 g/mol. The van der Waals surface area contributed by atoms with Crippen LogP contribution in [0, 0.1) is 11.3 Å². The molecule has 1 aliphatic carbocycles. The van der Waals surface area contributed by atoms with Crippen LogP contribution in [-0.4, -0.2) is 12.6 Å². The molecule has 0 saturated heterocycles. The number of nitrogens with zero attached hydrogens (tertiary/aromatic N) is 2. The quantitative estimate of drug-likeness (QED) is 0.840. The molecule has 0 amide bonds. The van der Waals surface area contributed by atoms with E-state index in [0.717, 1.165) is 28.7 Å². The minimum Gasteiger partial charge on any atom is -0.367 e. The van der Waals surface area contributed by atoms with Gasteiger partial charge in [0.05, 0.1) is 11.3 Å². The lowest BCUT2D eigenvalue weighted by Crippen LogP contribution is -2.27. The summed E-state index contributed by atoms with van der Waals surface area (Å²) in [5.41, 5.74) is 1.87. The Morgan fingerprint density at radius 2 is 2.25 bits per heavy atom. The predicted molar refractivity (Wildman–Crippen MR) is 69.5 cm³/mol. The molecule has 0 unspecified atom stereocenters. The second-order valence-electron chi connectivity index (χ2n) is 4.20. The van der Waals surface area contributed by atoms with E-state index in [4.69, 9.17) is 5.26 Å². The van der Waals surface area contributed by atoms with Crippen molar-refractivity contribution < 1.29 is 0 Å². The summed E-state index contributed by atoms with van der Waals surface area (Å²) in [6.07, 6.45) is 3.64. The van der Waals surface area contributed by atoms with Crippen molar-refractivity contribution in [2.24, 2.45) is 0 Å². The van der Waals surface area contributed by atoms with Gasteiger partial charge in [-0.05, 0) is 37.5 Å². The Kier molecular flexibility index (Phi) is 3.50. The number of rotatable bonds is 4. The summed E-state index contributed by atoms with van der Waals surface area (Å²) in [4.78, 5) is 2.38. The lowest BCUT2D eigenvalue weighted by molar-refractivity contribution is 0.762. The summed E-state index contributed by atoms with van der Waals surface area (Å²) in [6.45, 7) is 3.22. The zero-order valence-electron chi connectivity index (χ0n) is 9.41. The number of benzene rings is 1. The third kappa shape index (κ3) is 2.38. The van der Waals surface area contributed by atoms with Gasteiger partial charge in [0.15, 0.2) is 0 Å². The highest BCUT2D eigenvalue weighted by Gasteiger charge is 2.29. The van der Waals surface area contributed by atoms with Gasteiger partial charge in [0.25, 0.3) is 0 Å². The van der Waals surface area contributed by atoms with Gasteiger partial charge in [0.1, 0.15) is 6.07 Å². The molecule has 1 fully saturated rings. The van der Waals surface area contributed by atoms with Crippen LogP contribution in [0.25, 0.3) is 0 Å². The summed E-state index contributed by atoms with van der Waals surface area (Å²) < 4.78 is 1.04. The van der Waals surface area contributed by atoms with E-state index in [-0.39, 0.29) is 0 Å². The fraction of sp³-hybridized carbons (Fsp3) is 0.462. The maximum atomic E-state index is 9.14. The van der Waals surface area contributed by atoms with Gasteiger partial charge in [0, 0.05) is 17.1 Å². The van der Waals surface area contributed by atoms with Crippen LogP contribution in [0.4, 0.5) is 5.69 Å². The molecule has 1 aromatic rings. The second kappa shape index (κ2) is 4.88. The molecule has 0 radical (unpaired) electrons. The molecule has 0 atom stereocenters. The summed E-state index contributed by atoms with van der Waals surface area (Å²) in [6, 6.07) is 8.82. The maximum absolute atomic E-state index is 9.14. The first-order chi connectivity index (χ1) is 7.76. The third-order valence-electron chi connectivity index (χ3n) is 2.84. The highest BCUT2D eigenvalue weighted by Crippen LogP contribution is 2.34. The third-order valence-corrected chi connectivity index (χ3v) is 3.34. The Balaban J connectivity index is 2.35. The molecule has 0 bridgehead atoms. The minimum absolute atomic E-state index is 0.654. The van der Waals surface area contributed by atoms with E-state index in [0.29, 0.717) is 6.04 Å². The summed E-state index contributed by atoms with van der Waals surface area (Å²) in [5.74, 6) is 0. The fourth-order valence-electron chi connectivity index (χ4n) is 1.96. The van der Waals surface area contributed by atoms with Gasteiger partial charge >= 0.3 is 0 Å². The molecular formula is C13H15BrN2. The van der Waals surface area contributed by atoms with E-state index in [1.165, 1.54) is 12.8 Å². The molecule has 0 heterocycles. The smallest absolute Gasteiger partial charge is 0.101 e. The van der Waals surface area contributed by atoms with Crippen LogP contribution in [0.5, 0.6) is 0 Å². The van der Waals surface area contributed by atoms with E-state index in [2.05, 4.69) is 39.9 Å². The molecule has 1 saturated carbocycles. The Labute approximate surface area is 105 Å². The highest BCUT2D eigenvalue weighted by molar-refractivity contribution is 9.10. The molecule has 0 aromatic heterocycles. The van der Waals surface area contributed by atoms with Crippen LogP contribution in [0.1, 0.15) is 31.7 Å². The number of anilines is 1. The fourth-order valence-corrected chi connectivity index (χ4v) is 2.31.